The van der Waals surface area contributed by atoms with E-state index in [9.17, 15) is 22.8 Å². The van der Waals surface area contributed by atoms with Gasteiger partial charge in [-0.25, -0.2) is 18.0 Å². The maximum absolute atomic E-state index is 12.5. The van der Waals surface area contributed by atoms with Crippen molar-refractivity contribution in [2.24, 2.45) is 0 Å². The summed E-state index contributed by atoms with van der Waals surface area (Å²) in [6, 6.07) is 8.35. The van der Waals surface area contributed by atoms with Gasteiger partial charge in [-0.2, -0.15) is 0 Å². The number of anilines is 1. The first-order chi connectivity index (χ1) is 13.3. The number of esters is 1. The van der Waals surface area contributed by atoms with Gasteiger partial charge in [0, 0.05) is 13.1 Å². The second kappa shape index (κ2) is 8.29. The van der Waals surface area contributed by atoms with Crippen LogP contribution in [0.5, 0.6) is 0 Å². The molecule has 0 spiro atoms. The monoisotopic (exact) mass is 487 g/mol. The van der Waals surface area contributed by atoms with E-state index in [0.29, 0.717) is 10.3 Å². The van der Waals surface area contributed by atoms with Gasteiger partial charge in [0.1, 0.15) is 4.21 Å². The number of benzene rings is 1. The molecule has 1 aliphatic heterocycles. The van der Waals surface area contributed by atoms with Gasteiger partial charge in [0.2, 0.25) is 0 Å². The molecular weight excluding hydrogens is 474 g/mol. The number of halogens is 1. The van der Waals surface area contributed by atoms with Crippen molar-refractivity contribution in [1.82, 2.24) is 10.2 Å². The highest BCUT2D eigenvalue weighted by Gasteiger charge is 2.27. The Morgan fingerprint density at radius 3 is 2.64 bits per heavy atom. The van der Waals surface area contributed by atoms with Crippen LogP contribution in [0, 0.1) is 0 Å². The molecule has 3 rings (SSSR count). The summed E-state index contributed by atoms with van der Waals surface area (Å²) in [6.07, 6.45) is 0. The van der Waals surface area contributed by atoms with E-state index in [1.807, 2.05) is 0 Å². The summed E-state index contributed by atoms with van der Waals surface area (Å²) < 4.78 is 33.0. The minimum absolute atomic E-state index is 0.0170. The molecule has 1 aliphatic rings. The van der Waals surface area contributed by atoms with Crippen molar-refractivity contribution in [3.05, 3.63) is 45.7 Å². The third-order valence-corrected chi connectivity index (χ3v) is 7.17. The van der Waals surface area contributed by atoms with Crippen molar-refractivity contribution >= 4 is 60.9 Å². The zero-order valence-corrected chi connectivity index (χ0v) is 17.4. The van der Waals surface area contributed by atoms with Gasteiger partial charge < -0.3 is 10.1 Å². The Balaban J connectivity index is 1.72. The minimum Gasteiger partial charge on any atom is -0.452 e. The van der Waals surface area contributed by atoms with Gasteiger partial charge in [-0.15, -0.1) is 11.3 Å². The highest BCUT2D eigenvalue weighted by Crippen LogP contribution is 2.28. The molecule has 2 N–H and O–H groups in total. The van der Waals surface area contributed by atoms with E-state index < -0.39 is 34.5 Å². The Morgan fingerprint density at radius 2 is 2.00 bits per heavy atom. The first kappa shape index (κ1) is 20.3. The summed E-state index contributed by atoms with van der Waals surface area (Å²) in [4.78, 5) is 36.7. The lowest BCUT2D eigenvalue weighted by atomic mass is 10.2. The number of sulfonamides is 1. The van der Waals surface area contributed by atoms with Crippen molar-refractivity contribution in [1.29, 1.82) is 0 Å². The standard InChI is InChI=1S/C16H14BrN3O6S2/c17-12-5-6-14(27-12)28(24,25)19-11-4-2-1-3-10(11)15(22)26-9-13(21)20-8-7-18-16(20)23/h1-6,19H,7-9H2,(H,18,23). The highest BCUT2D eigenvalue weighted by atomic mass is 79.9. The largest absolute Gasteiger partial charge is 0.452 e. The topological polar surface area (TPSA) is 122 Å². The molecule has 0 saturated carbocycles. The lowest BCUT2D eigenvalue weighted by molar-refractivity contribution is -0.130. The Morgan fingerprint density at radius 1 is 1.25 bits per heavy atom. The molecular formula is C16H14BrN3O6S2. The number of nitrogens with one attached hydrogen (secondary N) is 2. The Kier molecular flexibility index (Phi) is 6.01. The number of nitrogens with zero attached hydrogens (tertiary/aromatic N) is 1. The maximum atomic E-state index is 12.5. The van der Waals surface area contributed by atoms with Crippen molar-refractivity contribution in [2.75, 3.05) is 24.4 Å². The molecule has 0 bridgehead atoms. The lowest BCUT2D eigenvalue weighted by Gasteiger charge is -2.14. The molecule has 0 aliphatic carbocycles. The zero-order valence-electron chi connectivity index (χ0n) is 14.2. The second-order valence-electron chi connectivity index (χ2n) is 5.56. The summed E-state index contributed by atoms with van der Waals surface area (Å²) >= 11 is 4.22. The van der Waals surface area contributed by atoms with Crippen LogP contribution >= 0.6 is 27.3 Å². The van der Waals surface area contributed by atoms with E-state index in [2.05, 4.69) is 26.0 Å². The fraction of sp³-hybridized carbons (Fsp3) is 0.188. The number of carbonyl (C=O) groups excluding carboxylic acids is 3. The molecule has 2 aromatic rings. The second-order valence-corrected chi connectivity index (χ2v) is 9.94. The smallest absolute Gasteiger partial charge is 0.340 e. The average Bonchev–Trinajstić information content (AvgIpc) is 3.28. The molecule has 12 heteroatoms. The maximum Gasteiger partial charge on any atom is 0.340 e. The number of ether oxygens (including phenoxy) is 1. The highest BCUT2D eigenvalue weighted by molar-refractivity contribution is 9.11. The summed E-state index contributed by atoms with van der Waals surface area (Å²) in [5.74, 6) is -1.55. The zero-order chi connectivity index (χ0) is 20.3. The summed E-state index contributed by atoms with van der Waals surface area (Å²) in [5, 5.41) is 2.47. The summed E-state index contributed by atoms with van der Waals surface area (Å²) in [7, 11) is -3.90. The van der Waals surface area contributed by atoms with Gasteiger partial charge in [-0.1, -0.05) is 12.1 Å². The number of hydrogen-bond acceptors (Lipinski definition) is 7. The molecule has 9 nitrogen and oxygen atoms in total. The van der Waals surface area contributed by atoms with Crippen LogP contribution in [0.25, 0.3) is 0 Å². The van der Waals surface area contributed by atoms with Crippen molar-refractivity contribution in [3.8, 4) is 0 Å². The fourth-order valence-electron chi connectivity index (χ4n) is 2.38. The number of urea groups is 1. The van der Waals surface area contributed by atoms with Gasteiger partial charge in [0.15, 0.2) is 6.61 Å². The molecule has 1 aromatic carbocycles. The first-order valence-corrected chi connectivity index (χ1v) is 11.0. The van der Waals surface area contributed by atoms with E-state index in [0.717, 1.165) is 16.2 Å². The third kappa shape index (κ3) is 4.51. The summed E-state index contributed by atoms with van der Waals surface area (Å²) in [6.45, 7) is -0.102. The number of carbonyl (C=O) groups is 3. The van der Waals surface area contributed by atoms with Crippen molar-refractivity contribution < 1.29 is 27.5 Å². The number of amides is 3. The van der Waals surface area contributed by atoms with Crippen LogP contribution in [-0.4, -0.2) is 50.9 Å². The number of para-hydroxylation sites is 1. The fourth-order valence-corrected chi connectivity index (χ4v) is 5.47. The van der Waals surface area contributed by atoms with E-state index in [1.165, 1.54) is 24.3 Å². The van der Waals surface area contributed by atoms with E-state index >= 15 is 0 Å². The molecule has 0 unspecified atom stereocenters. The van der Waals surface area contributed by atoms with Crippen LogP contribution in [0.2, 0.25) is 0 Å². The van der Waals surface area contributed by atoms with Crippen molar-refractivity contribution in [3.63, 3.8) is 0 Å². The molecule has 1 aromatic heterocycles. The lowest BCUT2D eigenvalue weighted by Crippen LogP contribution is -2.37. The van der Waals surface area contributed by atoms with E-state index in [1.54, 1.807) is 12.1 Å². The Hall–Kier alpha value is -2.44. The first-order valence-electron chi connectivity index (χ1n) is 7.90. The average molecular weight is 488 g/mol. The molecule has 2 heterocycles. The quantitative estimate of drug-likeness (QED) is 0.601. The van der Waals surface area contributed by atoms with Crippen LogP contribution in [0.1, 0.15) is 10.4 Å². The van der Waals surface area contributed by atoms with Gasteiger partial charge in [-0.3, -0.25) is 14.4 Å². The predicted octanol–water partition coefficient (Wildman–Crippen LogP) is 2.02. The summed E-state index contributed by atoms with van der Waals surface area (Å²) in [5.41, 5.74) is -0.0382. The predicted molar refractivity (Wildman–Crippen MR) is 105 cm³/mol. The van der Waals surface area contributed by atoms with Crippen LogP contribution in [0.3, 0.4) is 0 Å². The molecule has 28 heavy (non-hydrogen) atoms. The third-order valence-electron chi connectivity index (χ3n) is 3.69. The number of rotatable bonds is 6. The Bertz CT molecular complexity index is 1040. The number of imide groups is 1. The van der Waals surface area contributed by atoms with Crippen LogP contribution < -0.4 is 10.0 Å². The normalized spacial score (nSPS) is 13.9. The molecule has 1 saturated heterocycles. The van der Waals surface area contributed by atoms with Gasteiger partial charge in [-0.05, 0) is 40.2 Å². The number of hydrogen-bond donors (Lipinski definition) is 2. The molecule has 0 atom stereocenters. The molecule has 3 amide bonds. The molecule has 0 radical (unpaired) electrons. The van der Waals surface area contributed by atoms with Gasteiger partial charge >= 0.3 is 12.0 Å². The Labute approximate surface area is 172 Å². The van der Waals surface area contributed by atoms with Crippen LogP contribution in [-0.2, 0) is 19.6 Å². The van der Waals surface area contributed by atoms with E-state index in [4.69, 9.17) is 4.74 Å². The minimum atomic E-state index is -3.90. The molecule has 1 fully saturated rings. The van der Waals surface area contributed by atoms with E-state index in [-0.39, 0.29) is 22.0 Å². The van der Waals surface area contributed by atoms with Gasteiger partial charge in [0.25, 0.3) is 15.9 Å². The van der Waals surface area contributed by atoms with Gasteiger partial charge in [0.05, 0.1) is 15.0 Å². The van der Waals surface area contributed by atoms with Crippen LogP contribution in [0.15, 0.2) is 44.4 Å². The SMILES string of the molecule is O=C(OCC(=O)N1CCNC1=O)c1ccccc1NS(=O)(=O)c1ccc(Br)s1. The van der Waals surface area contributed by atoms with Crippen molar-refractivity contribution in [2.45, 2.75) is 4.21 Å². The molecule has 148 valence electrons. The number of thiophene rings is 1. The van der Waals surface area contributed by atoms with Crippen LogP contribution in [0.4, 0.5) is 10.5 Å².